The van der Waals surface area contributed by atoms with Gasteiger partial charge in [-0.1, -0.05) is 6.07 Å². The lowest BCUT2D eigenvalue weighted by molar-refractivity contribution is -0.116. The molecule has 1 heterocycles. The van der Waals surface area contributed by atoms with E-state index < -0.39 is 0 Å². The quantitative estimate of drug-likeness (QED) is 0.806. The van der Waals surface area contributed by atoms with Crippen LogP contribution >= 0.6 is 11.6 Å². The Morgan fingerprint density at radius 3 is 2.53 bits per heavy atom. The lowest BCUT2D eigenvalue weighted by atomic mass is 10.1. The summed E-state index contributed by atoms with van der Waals surface area (Å²) in [5.74, 6) is -0.184. The first kappa shape index (κ1) is 13.6. The molecule has 1 amide bonds. The zero-order valence-corrected chi connectivity index (χ0v) is 11.8. The number of nitrogens with zero attached hydrogens (tertiary/aromatic N) is 3. The van der Waals surface area contributed by atoms with E-state index in [9.17, 15) is 4.79 Å². The summed E-state index contributed by atoms with van der Waals surface area (Å²) in [7, 11) is 0. The lowest BCUT2D eigenvalue weighted by Crippen LogP contribution is -2.34. The van der Waals surface area contributed by atoms with Crippen LogP contribution in [0.5, 0.6) is 0 Å². The Hall–Kier alpha value is -1.81. The van der Waals surface area contributed by atoms with Gasteiger partial charge in [0.25, 0.3) is 0 Å². The third-order valence-electron chi connectivity index (χ3n) is 2.78. The molecule has 100 valence electrons. The molecule has 2 aromatic rings. The zero-order chi connectivity index (χ0) is 13.8. The van der Waals surface area contributed by atoms with Gasteiger partial charge in [-0.2, -0.15) is 5.10 Å². The predicted octanol–water partition coefficient (Wildman–Crippen LogP) is 2.73. The Morgan fingerprint density at radius 2 is 2.00 bits per heavy atom. The van der Waals surface area contributed by atoms with Crippen molar-refractivity contribution < 1.29 is 4.79 Å². The molecule has 0 aliphatic rings. The first-order valence-electron chi connectivity index (χ1n) is 6.02. The number of carbonyl (C=O) groups excluding carboxylic acids is 1. The number of anilines is 1. The van der Waals surface area contributed by atoms with Gasteiger partial charge >= 0.3 is 0 Å². The molecule has 1 aromatic heterocycles. The topological polar surface area (TPSA) is 38.1 Å². The number of hydrogen-bond donors (Lipinski definition) is 0. The summed E-state index contributed by atoms with van der Waals surface area (Å²) in [6.07, 6.45) is 3.50. The van der Waals surface area contributed by atoms with Crippen molar-refractivity contribution in [3.05, 3.63) is 47.8 Å². The lowest BCUT2D eigenvalue weighted by Gasteiger charge is -2.22. The number of aromatic nitrogens is 2. The second-order valence-electron chi connectivity index (χ2n) is 4.49. The average molecular weight is 278 g/mol. The molecule has 0 saturated carbocycles. The van der Waals surface area contributed by atoms with E-state index in [2.05, 4.69) is 11.2 Å². The molecule has 0 N–H and O–H groups in total. The molecule has 0 fully saturated rings. The third kappa shape index (κ3) is 3.35. The number of carbonyl (C=O) groups is 1. The van der Waals surface area contributed by atoms with E-state index in [0.29, 0.717) is 6.67 Å². The van der Waals surface area contributed by atoms with E-state index in [-0.39, 0.29) is 11.8 Å². The van der Waals surface area contributed by atoms with Gasteiger partial charge in [-0.3, -0.25) is 14.4 Å². The van der Waals surface area contributed by atoms with Gasteiger partial charge in [-0.15, -0.1) is 11.6 Å². The van der Waals surface area contributed by atoms with Crippen molar-refractivity contribution in [1.82, 2.24) is 9.78 Å². The molecule has 0 aliphatic heterocycles. The van der Waals surface area contributed by atoms with Crippen LogP contribution in [0, 0.1) is 13.8 Å². The summed E-state index contributed by atoms with van der Waals surface area (Å²) in [5, 5.41) is 4.12. The number of hydrogen-bond acceptors (Lipinski definition) is 2. The molecular weight excluding hydrogens is 262 g/mol. The largest absolute Gasteiger partial charge is 0.291 e. The van der Waals surface area contributed by atoms with Crippen LogP contribution in [-0.4, -0.2) is 21.6 Å². The third-order valence-corrected chi connectivity index (χ3v) is 3.01. The van der Waals surface area contributed by atoms with Gasteiger partial charge in [-0.05, 0) is 43.2 Å². The molecule has 19 heavy (non-hydrogen) atoms. The van der Waals surface area contributed by atoms with Crippen molar-refractivity contribution >= 4 is 23.2 Å². The maximum atomic E-state index is 12.0. The standard InChI is InChI=1S/C14H16ClN3O/c1-11-6-12(2)8-13(7-11)18(14(19)9-15)10-17-5-3-4-16-17/h3-8H,9-10H2,1-2H3. The smallest absolute Gasteiger partial charge is 0.243 e. The fourth-order valence-corrected chi connectivity index (χ4v) is 2.16. The number of halogens is 1. The van der Waals surface area contributed by atoms with E-state index in [1.54, 1.807) is 15.8 Å². The minimum absolute atomic E-state index is 0.0474. The molecule has 5 heteroatoms. The summed E-state index contributed by atoms with van der Waals surface area (Å²) in [5.41, 5.74) is 3.07. The van der Waals surface area contributed by atoms with Gasteiger partial charge in [0.05, 0.1) is 0 Å². The van der Waals surface area contributed by atoms with Crippen LogP contribution in [0.15, 0.2) is 36.7 Å². The van der Waals surface area contributed by atoms with Gasteiger partial charge in [0.2, 0.25) is 5.91 Å². The first-order chi connectivity index (χ1) is 9.10. The normalized spacial score (nSPS) is 10.5. The van der Waals surface area contributed by atoms with Crippen molar-refractivity contribution in [1.29, 1.82) is 0 Å². The van der Waals surface area contributed by atoms with Gasteiger partial charge in [0, 0.05) is 18.1 Å². The Bertz CT molecular complexity index is 546. The Labute approximate surface area is 117 Å². The first-order valence-corrected chi connectivity index (χ1v) is 6.55. The molecular formula is C14H16ClN3O. The summed E-state index contributed by atoms with van der Waals surface area (Å²) in [6.45, 7) is 4.38. The van der Waals surface area contributed by atoms with Crippen molar-refractivity contribution in [3.63, 3.8) is 0 Å². The molecule has 0 atom stereocenters. The van der Waals surface area contributed by atoms with Crippen LogP contribution in [0.1, 0.15) is 11.1 Å². The van der Waals surface area contributed by atoms with Gasteiger partial charge < -0.3 is 0 Å². The maximum Gasteiger partial charge on any atom is 0.243 e. The fraction of sp³-hybridized carbons (Fsp3) is 0.286. The van der Waals surface area contributed by atoms with Crippen molar-refractivity contribution in [2.45, 2.75) is 20.5 Å². The Balaban J connectivity index is 2.34. The molecule has 0 spiro atoms. The van der Waals surface area contributed by atoms with Crippen LogP contribution in [0.4, 0.5) is 5.69 Å². The van der Waals surface area contributed by atoms with Crippen LogP contribution in [-0.2, 0) is 11.5 Å². The molecule has 0 aliphatic carbocycles. The van der Waals surface area contributed by atoms with Crippen molar-refractivity contribution in [3.8, 4) is 0 Å². The number of amides is 1. The molecule has 4 nitrogen and oxygen atoms in total. The second kappa shape index (κ2) is 5.89. The highest BCUT2D eigenvalue weighted by atomic mass is 35.5. The molecule has 1 aromatic carbocycles. The molecule has 2 rings (SSSR count). The second-order valence-corrected chi connectivity index (χ2v) is 4.76. The van der Waals surface area contributed by atoms with E-state index in [4.69, 9.17) is 11.6 Å². The van der Waals surface area contributed by atoms with E-state index in [1.807, 2.05) is 38.2 Å². The minimum Gasteiger partial charge on any atom is -0.291 e. The van der Waals surface area contributed by atoms with Crippen LogP contribution in [0.3, 0.4) is 0 Å². The summed E-state index contributed by atoms with van der Waals surface area (Å²) >= 11 is 5.70. The van der Waals surface area contributed by atoms with Crippen LogP contribution in [0.2, 0.25) is 0 Å². The maximum absolute atomic E-state index is 12.0. The summed E-state index contributed by atoms with van der Waals surface area (Å²) in [4.78, 5) is 13.7. The van der Waals surface area contributed by atoms with E-state index >= 15 is 0 Å². The molecule has 0 unspecified atom stereocenters. The van der Waals surface area contributed by atoms with Crippen LogP contribution < -0.4 is 4.90 Å². The Morgan fingerprint density at radius 1 is 1.32 bits per heavy atom. The van der Waals surface area contributed by atoms with E-state index in [0.717, 1.165) is 16.8 Å². The van der Waals surface area contributed by atoms with Crippen molar-refractivity contribution in [2.24, 2.45) is 0 Å². The average Bonchev–Trinajstić information content (AvgIpc) is 2.86. The highest BCUT2D eigenvalue weighted by Gasteiger charge is 2.16. The SMILES string of the molecule is Cc1cc(C)cc(N(Cn2cccn2)C(=O)CCl)c1. The number of alkyl halides is 1. The van der Waals surface area contributed by atoms with Gasteiger partial charge in [0.15, 0.2) is 0 Å². The molecule has 0 radical (unpaired) electrons. The summed E-state index contributed by atoms with van der Waals surface area (Å²) < 4.78 is 1.70. The number of benzene rings is 1. The fourth-order valence-electron chi connectivity index (χ4n) is 2.01. The Kier molecular flexibility index (Phi) is 4.22. The highest BCUT2D eigenvalue weighted by molar-refractivity contribution is 6.29. The van der Waals surface area contributed by atoms with Crippen LogP contribution in [0.25, 0.3) is 0 Å². The molecule has 0 saturated heterocycles. The minimum atomic E-state index is -0.137. The monoisotopic (exact) mass is 277 g/mol. The number of rotatable bonds is 4. The zero-order valence-electron chi connectivity index (χ0n) is 11.0. The number of aryl methyl sites for hydroxylation is 2. The van der Waals surface area contributed by atoms with Gasteiger partial charge in [0.1, 0.15) is 12.5 Å². The van der Waals surface area contributed by atoms with Crippen molar-refractivity contribution in [2.75, 3.05) is 10.8 Å². The summed E-state index contributed by atoms with van der Waals surface area (Å²) in [6, 6.07) is 7.84. The van der Waals surface area contributed by atoms with Gasteiger partial charge in [-0.25, -0.2) is 0 Å². The van der Waals surface area contributed by atoms with E-state index in [1.165, 1.54) is 0 Å². The predicted molar refractivity (Wildman–Crippen MR) is 76.3 cm³/mol. The highest BCUT2D eigenvalue weighted by Crippen LogP contribution is 2.20. The molecule has 0 bridgehead atoms.